The van der Waals surface area contributed by atoms with Gasteiger partial charge in [-0.3, -0.25) is 19.2 Å². The number of benzene rings is 3. The predicted octanol–water partition coefficient (Wildman–Crippen LogP) is 5.15. The van der Waals surface area contributed by atoms with Crippen LogP contribution < -0.4 is 10.6 Å². The molecule has 0 radical (unpaired) electrons. The van der Waals surface area contributed by atoms with Crippen molar-refractivity contribution in [2.45, 2.75) is 25.9 Å². The number of anilines is 2. The quantitative estimate of drug-likeness (QED) is 0.0924. The highest BCUT2D eigenvalue weighted by atomic mass is 35.5. The Labute approximate surface area is 289 Å². The van der Waals surface area contributed by atoms with Crippen molar-refractivity contribution in [1.29, 1.82) is 0 Å². The summed E-state index contributed by atoms with van der Waals surface area (Å²) in [5.41, 5.74) is -3.92. The number of ketones is 2. The summed E-state index contributed by atoms with van der Waals surface area (Å²) in [5, 5.41) is 55.8. The Morgan fingerprint density at radius 2 is 0.920 bits per heavy atom. The van der Waals surface area contributed by atoms with Gasteiger partial charge in [-0.15, -0.1) is 20.5 Å². The second kappa shape index (κ2) is 16.1. The van der Waals surface area contributed by atoms with Gasteiger partial charge in [-0.2, -0.15) is 0 Å². The number of nitrogens with one attached hydrogen (secondary N) is 2. The van der Waals surface area contributed by atoms with Crippen LogP contribution >= 0.6 is 23.2 Å². The molecule has 3 aromatic rings. The van der Waals surface area contributed by atoms with Crippen molar-refractivity contribution in [1.82, 2.24) is 0 Å². The van der Waals surface area contributed by atoms with Crippen LogP contribution in [0.1, 0.15) is 55.3 Å². The average Bonchev–Trinajstić information content (AvgIpc) is 3.04. The summed E-state index contributed by atoms with van der Waals surface area (Å²) in [6.45, 7) is 2.03. The minimum absolute atomic E-state index is 0.116. The normalized spacial score (nSPS) is 12.2. The highest BCUT2D eigenvalue weighted by Crippen LogP contribution is 2.34. The Bertz CT molecular complexity index is 1890. The Hall–Kier alpha value is -6.40. The van der Waals surface area contributed by atoms with Crippen LogP contribution in [-0.4, -0.2) is 79.8 Å². The van der Waals surface area contributed by atoms with Gasteiger partial charge < -0.3 is 31.1 Å². The molecule has 0 aliphatic carbocycles. The lowest BCUT2D eigenvalue weighted by Crippen LogP contribution is -2.35. The van der Waals surface area contributed by atoms with Crippen LogP contribution in [0, 0.1) is 0 Å². The standard InChI is InChI=1S/C30H22Cl2N6O12/c1-11(39)23(25(41)37-35-17-7-3-5-13(27(43)44)21(17)29(47)48)33-19-9-16(32)20(10-15(19)31)34-24(12(2)40)26(42)38-36-18-8-4-6-14(28(45)46)22(18)30(49)50/h3-10,23-24,33-34H,1-2H3,(H,43,44)(H,45,46)(H,47,48)(H,49,50). The summed E-state index contributed by atoms with van der Waals surface area (Å²) >= 11 is 12.7. The van der Waals surface area contributed by atoms with Gasteiger partial charge in [0.15, 0.2) is 23.7 Å². The Balaban J connectivity index is 1.86. The number of nitrogens with zero attached hydrogens (tertiary/aromatic N) is 4. The molecule has 6 N–H and O–H groups in total. The highest BCUT2D eigenvalue weighted by Gasteiger charge is 2.28. The molecule has 0 aromatic heterocycles. The molecule has 3 aromatic carbocycles. The van der Waals surface area contributed by atoms with E-state index in [9.17, 15) is 58.8 Å². The SMILES string of the molecule is CC(=O)C(Nc1cc(Cl)c(NC(C(C)=O)C(=O)N=Nc2cccc(C(=O)O)c2C(=O)O)cc1Cl)C(=O)N=Nc1cccc(C(=O)O)c1C(=O)O. The number of carboxylic acids is 4. The van der Waals surface area contributed by atoms with E-state index >= 15 is 0 Å². The van der Waals surface area contributed by atoms with E-state index in [2.05, 4.69) is 31.1 Å². The van der Waals surface area contributed by atoms with Crippen LogP contribution in [0.2, 0.25) is 10.0 Å². The molecule has 50 heavy (non-hydrogen) atoms. The molecule has 0 saturated carbocycles. The molecule has 2 atom stereocenters. The van der Waals surface area contributed by atoms with Crippen LogP contribution in [0.5, 0.6) is 0 Å². The first-order valence-corrected chi connectivity index (χ1v) is 14.3. The third kappa shape index (κ3) is 8.94. The molecule has 258 valence electrons. The smallest absolute Gasteiger partial charge is 0.338 e. The minimum atomic E-state index is -1.75. The Morgan fingerprint density at radius 3 is 1.20 bits per heavy atom. The number of azo groups is 2. The van der Waals surface area contributed by atoms with Crippen LogP contribution in [0.15, 0.2) is 69.0 Å². The molecule has 0 aliphatic heterocycles. The second-order valence-electron chi connectivity index (χ2n) is 9.88. The lowest BCUT2D eigenvalue weighted by Gasteiger charge is -2.18. The number of hydrogen-bond acceptors (Lipinski definition) is 12. The van der Waals surface area contributed by atoms with Gasteiger partial charge in [0.1, 0.15) is 22.5 Å². The zero-order valence-corrected chi connectivity index (χ0v) is 26.9. The molecule has 0 spiro atoms. The van der Waals surface area contributed by atoms with E-state index in [0.29, 0.717) is 0 Å². The fourth-order valence-corrected chi connectivity index (χ4v) is 4.56. The number of carbonyl (C=O) groups is 8. The van der Waals surface area contributed by atoms with Gasteiger partial charge in [-0.05, 0) is 50.2 Å². The van der Waals surface area contributed by atoms with Crippen molar-refractivity contribution in [3.63, 3.8) is 0 Å². The number of carbonyl (C=O) groups excluding carboxylic acids is 4. The fraction of sp³-hybridized carbons (Fsp3) is 0.133. The second-order valence-corrected chi connectivity index (χ2v) is 10.7. The van der Waals surface area contributed by atoms with Crippen molar-refractivity contribution in [3.8, 4) is 0 Å². The van der Waals surface area contributed by atoms with Crippen molar-refractivity contribution in [2.75, 3.05) is 10.6 Å². The monoisotopic (exact) mass is 728 g/mol. The van der Waals surface area contributed by atoms with E-state index in [1.165, 1.54) is 12.1 Å². The van der Waals surface area contributed by atoms with Crippen LogP contribution in [0.25, 0.3) is 0 Å². The third-order valence-corrected chi connectivity index (χ3v) is 7.07. The fourth-order valence-electron chi connectivity index (χ4n) is 4.13. The van der Waals surface area contributed by atoms with E-state index in [-0.39, 0.29) is 21.4 Å². The van der Waals surface area contributed by atoms with Gasteiger partial charge in [0.05, 0.1) is 32.5 Å². The predicted molar refractivity (Wildman–Crippen MR) is 172 cm³/mol. The molecule has 20 heteroatoms. The maximum atomic E-state index is 12.8. The Kier molecular flexibility index (Phi) is 12.3. The topological polar surface area (TPSA) is 291 Å². The third-order valence-electron chi connectivity index (χ3n) is 6.45. The first-order valence-electron chi connectivity index (χ1n) is 13.6. The molecular weight excluding hydrogens is 707 g/mol. The van der Waals surface area contributed by atoms with Gasteiger partial charge in [-0.25, -0.2) is 19.2 Å². The van der Waals surface area contributed by atoms with Crippen molar-refractivity contribution < 1.29 is 58.8 Å². The molecule has 0 heterocycles. The summed E-state index contributed by atoms with van der Waals surface area (Å²) in [7, 11) is 0. The van der Waals surface area contributed by atoms with E-state index in [0.717, 1.165) is 50.2 Å². The highest BCUT2D eigenvalue weighted by molar-refractivity contribution is 6.37. The lowest BCUT2D eigenvalue weighted by molar-refractivity contribution is -0.128. The first-order chi connectivity index (χ1) is 23.4. The molecule has 0 aliphatic rings. The number of aromatic carboxylic acids is 4. The minimum Gasteiger partial charge on any atom is -0.478 e. The van der Waals surface area contributed by atoms with Gasteiger partial charge in [0.25, 0.3) is 11.8 Å². The molecule has 0 bridgehead atoms. The maximum Gasteiger partial charge on any atom is 0.338 e. The summed E-state index contributed by atoms with van der Waals surface area (Å²) in [5.74, 6) is -10.5. The number of halogens is 2. The van der Waals surface area contributed by atoms with E-state index in [1.807, 2.05) is 0 Å². The number of rotatable bonds is 14. The van der Waals surface area contributed by atoms with Crippen molar-refractivity contribution in [2.24, 2.45) is 20.5 Å². The van der Waals surface area contributed by atoms with E-state index < -0.39 is 93.0 Å². The van der Waals surface area contributed by atoms with Gasteiger partial charge in [-0.1, -0.05) is 35.3 Å². The number of carboxylic acid groups (broad SMARTS) is 4. The van der Waals surface area contributed by atoms with Gasteiger partial charge in [0.2, 0.25) is 0 Å². The average molecular weight is 729 g/mol. The summed E-state index contributed by atoms with van der Waals surface area (Å²) in [4.78, 5) is 96.5. The number of hydrogen-bond donors (Lipinski definition) is 6. The number of Topliss-reactive ketones (excluding diaryl/α,β-unsaturated/α-hetero) is 2. The number of amides is 2. The largest absolute Gasteiger partial charge is 0.478 e. The molecule has 0 fully saturated rings. The van der Waals surface area contributed by atoms with E-state index in [1.54, 1.807) is 0 Å². The summed E-state index contributed by atoms with van der Waals surface area (Å²) in [6.07, 6.45) is 0. The molecule has 0 saturated heterocycles. The zero-order valence-electron chi connectivity index (χ0n) is 25.4. The van der Waals surface area contributed by atoms with Crippen LogP contribution in [0.3, 0.4) is 0 Å². The summed E-state index contributed by atoms with van der Waals surface area (Å²) in [6, 6.07) is 5.30. The van der Waals surface area contributed by atoms with Gasteiger partial charge in [0, 0.05) is 0 Å². The summed E-state index contributed by atoms with van der Waals surface area (Å²) < 4.78 is 0. The molecule has 2 unspecified atom stereocenters. The van der Waals surface area contributed by atoms with Crippen molar-refractivity contribution >= 4 is 93.2 Å². The lowest BCUT2D eigenvalue weighted by atomic mass is 10.1. The molecule has 18 nitrogen and oxygen atoms in total. The van der Waals surface area contributed by atoms with Gasteiger partial charge >= 0.3 is 23.9 Å². The zero-order chi connectivity index (χ0) is 37.4. The molecular formula is C30H22Cl2N6O12. The molecule has 2 amide bonds. The Morgan fingerprint density at radius 1 is 0.580 bits per heavy atom. The van der Waals surface area contributed by atoms with Crippen LogP contribution in [0.4, 0.5) is 22.7 Å². The maximum absolute atomic E-state index is 12.8. The molecule has 3 rings (SSSR count). The van der Waals surface area contributed by atoms with E-state index in [4.69, 9.17) is 23.2 Å². The first kappa shape index (κ1) is 38.1. The van der Waals surface area contributed by atoms with Crippen molar-refractivity contribution in [3.05, 3.63) is 80.8 Å². The van der Waals surface area contributed by atoms with Crippen LogP contribution in [-0.2, 0) is 19.2 Å².